The summed E-state index contributed by atoms with van der Waals surface area (Å²) < 4.78 is 5.39. The molecule has 0 bridgehead atoms. The minimum atomic E-state index is -0.502. The largest absolute Gasteiger partial charge is 0.372 e. The average Bonchev–Trinajstić information content (AvgIpc) is 2.64. The molecule has 132 valence electrons. The zero-order valence-corrected chi connectivity index (χ0v) is 14.2. The molecular formula is C17H26N4O3. The van der Waals surface area contributed by atoms with Crippen molar-refractivity contribution in [3.63, 3.8) is 0 Å². The SMILES string of the molecule is CCCCOCC(=O)N1CCNCC1C(=O)NCc1cccnc1. The van der Waals surface area contributed by atoms with Crippen molar-refractivity contribution >= 4 is 11.8 Å². The number of aromatic nitrogens is 1. The number of carbonyl (C=O) groups excluding carboxylic acids is 2. The summed E-state index contributed by atoms with van der Waals surface area (Å²) in [6.45, 7) is 4.74. The number of amides is 2. The molecule has 0 saturated carbocycles. The molecule has 1 fully saturated rings. The normalized spacial score (nSPS) is 17.5. The highest BCUT2D eigenvalue weighted by Gasteiger charge is 2.31. The third-order valence-electron chi connectivity index (χ3n) is 3.92. The van der Waals surface area contributed by atoms with Crippen molar-refractivity contribution in [1.82, 2.24) is 20.5 Å². The molecule has 7 nitrogen and oxygen atoms in total. The quantitative estimate of drug-likeness (QED) is 0.669. The van der Waals surface area contributed by atoms with Crippen molar-refractivity contribution in [1.29, 1.82) is 0 Å². The predicted octanol–water partition coefficient (Wildman–Crippen LogP) is 0.315. The molecule has 1 aromatic rings. The van der Waals surface area contributed by atoms with E-state index in [1.165, 1.54) is 0 Å². The second kappa shape index (κ2) is 10.00. The number of hydrogen-bond acceptors (Lipinski definition) is 5. The standard InChI is InChI=1S/C17H26N4O3/c1-2-3-9-24-13-16(22)21-8-7-19-12-15(21)17(23)20-11-14-5-4-6-18-10-14/h4-6,10,15,19H,2-3,7-9,11-13H2,1H3,(H,20,23). The van der Waals surface area contributed by atoms with Crippen LogP contribution in [0.3, 0.4) is 0 Å². The Bertz CT molecular complexity index is 524. The van der Waals surface area contributed by atoms with Crippen LogP contribution >= 0.6 is 0 Å². The number of piperazine rings is 1. The van der Waals surface area contributed by atoms with Crippen LogP contribution in [0.25, 0.3) is 0 Å². The summed E-state index contributed by atoms with van der Waals surface area (Å²) in [5, 5.41) is 6.04. The molecule has 1 saturated heterocycles. The minimum absolute atomic E-state index is 0.0341. The van der Waals surface area contributed by atoms with Crippen molar-refractivity contribution in [3.05, 3.63) is 30.1 Å². The van der Waals surface area contributed by atoms with Gasteiger partial charge in [0.2, 0.25) is 11.8 Å². The number of pyridine rings is 1. The Hall–Kier alpha value is -1.99. The summed E-state index contributed by atoms with van der Waals surface area (Å²) in [7, 11) is 0. The van der Waals surface area contributed by atoms with E-state index in [-0.39, 0.29) is 18.4 Å². The summed E-state index contributed by atoms with van der Waals surface area (Å²) in [4.78, 5) is 30.4. The van der Waals surface area contributed by atoms with Crippen LogP contribution in [0.5, 0.6) is 0 Å². The van der Waals surface area contributed by atoms with E-state index in [0.29, 0.717) is 32.8 Å². The fourth-order valence-corrected chi connectivity index (χ4v) is 2.54. The minimum Gasteiger partial charge on any atom is -0.372 e. The predicted molar refractivity (Wildman–Crippen MR) is 90.2 cm³/mol. The first-order valence-electron chi connectivity index (χ1n) is 8.47. The van der Waals surface area contributed by atoms with Crippen LogP contribution in [0.4, 0.5) is 0 Å². The summed E-state index contributed by atoms with van der Waals surface area (Å²) in [5.41, 5.74) is 0.926. The molecule has 1 aromatic heterocycles. The smallest absolute Gasteiger partial charge is 0.249 e. The topological polar surface area (TPSA) is 83.6 Å². The van der Waals surface area contributed by atoms with Crippen molar-refractivity contribution in [2.45, 2.75) is 32.4 Å². The lowest BCUT2D eigenvalue weighted by Gasteiger charge is -2.35. The van der Waals surface area contributed by atoms with Crippen LogP contribution in [0.1, 0.15) is 25.3 Å². The molecule has 1 atom stereocenters. The van der Waals surface area contributed by atoms with Crippen LogP contribution < -0.4 is 10.6 Å². The van der Waals surface area contributed by atoms with Crippen LogP contribution in [-0.2, 0) is 20.9 Å². The highest BCUT2D eigenvalue weighted by molar-refractivity contribution is 5.88. The van der Waals surface area contributed by atoms with Gasteiger partial charge in [0, 0.05) is 45.2 Å². The highest BCUT2D eigenvalue weighted by atomic mass is 16.5. The van der Waals surface area contributed by atoms with Gasteiger partial charge in [0.25, 0.3) is 0 Å². The first-order valence-corrected chi connectivity index (χ1v) is 8.47. The van der Waals surface area contributed by atoms with Crippen LogP contribution in [0.15, 0.2) is 24.5 Å². The third kappa shape index (κ3) is 5.58. The van der Waals surface area contributed by atoms with Crippen molar-refractivity contribution in [3.8, 4) is 0 Å². The second-order valence-corrected chi connectivity index (χ2v) is 5.79. The van der Waals surface area contributed by atoms with Crippen molar-refractivity contribution in [2.24, 2.45) is 0 Å². The van der Waals surface area contributed by atoms with Gasteiger partial charge in [-0.05, 0) is 18.1 Å². The van der Waals surface area contributed by atoms with E-state index in [9.17, 15) is 9.59 Å². The van der Waals surface area contributed by atoms with Gasteiger partial charge in [0.1, 0.15) is 12.6 Å². The lowest BCUT2D eigenvalue weighted by molar-refractivity contribution is -0.145. The van der Waals surface area contributed by atoms with Gasteiger partial charge in [0.05, 0.1) is 0 Å². The van der Waals surface area contributed by atoms with Crippen molar-refractivity contribution in [2.75, 3.05) is 32.8 Å². The maximum atomic E-state index is 12.5. The van der Waals surface area contributed by atoms with Crippen LogP contribution in [-0.4, -0.2) is 60.6 Å². The number of ether oxygens (including phenoxy) is 1. The van der Waals surface area contributed by atoms with Gasteiger partial charge in [-0.2, -0.15) is 0 Å². The van der Waals surface area contributed by atoms with Gasteiger partial charge in [-0.15, -0.1) is 0 Å². The lowest BCUT2D eigenvalue weighted by Crippen LogP contribution is -2.60. The molecule has 2 N–H and O–H groups in total. The Labute approximate surface area is 142 Å². The highest BCUT2D eigenvalue weighted by Crippen LogP contribution is 2.06. The molecule has 0 radical (unpaired) electrons. The van der Waals surface area contributed by atoms with E-state index in [1.807, 2.05) is 12.1 Å². The molecule has 2 rings (SSSR count). The molecule has 2 amide bonds. The third-order valence-corrected chi connectivity index (χ3v) is 3.92. The number of unbranched alkanes of at least 4 members (excludes halogenated alkanes) is 1. The summed E-state index contributed by atoms with van der Waals surface area (Å²) >= 11 is 0. The van der Waals surface area contributed by atoms with Gasteiger partial charge >= 0.3 is 0 Å². The van der Waals surface area contributed by atoms with E-state index < -0.39 is 6.04 Å². The first kappa shape index (κ1) is 18.4. The Morgan fingerprint density at radius 3 is 3.12 bits per heavy atom. The molecule has 0 aliphatic carbocycles. The number of nitrogens with zero attached hydrogens (tertiary/aromatic N) is 2. The molecule has 2 heterocycles. The van der Waals surface area contributed by atoms with Gasteiger partial charge in [-0.3, -0.25) is 14.6 Å². The summed E-state index contributed by atoms with van der Waals surface area (Å²) in [5.74, 6) is -0.290. The zero-order valence-electron chi connectivity index (χ0n) is 14.2. The lowest BCUT2D eigenvalue weighted by atomic mass is 10.1. The Morgan fingerprint density at radius 1 is 1.50 bits per heavy atom. The maximum Gasteiger partial charge on any atom is 0.249 e. The van der Waals surface area contributed by atoms with E-state index >= 15 is 0 Å². The molecule has 7 heteroatoms. The number of hydrogen-bond donors (Lipinski definition) is 2. The second-order valence-electron chi connectivity index (χ2n) is 5.79. The number of carbonyl (C=O) groups is 2. The van der Waals surface area contributed by atoms with E-state index in [4.69, 9.17) is 4.74 Å². The fourth-order valence-electron chi connectivity index (χ4n) is 2.54. The van der Waals surface area contributed by atoms with Crippen LogP contribution in [0, 0.1) is 0 Å². The molecule has 0 aromatic carbocycles. The Kier molecular flexibility index (Phi) is 7.64. The van der Waals surface area contributed by atoms with Gasteiger partial charge in [-0.25, -0.2) is 0 Å². The van der Waals surface area contributed by atoms with Gasteiger partial charge < -0.3 is 20.3 Å². The summed E-state index contributed by atoms with van der Waals surface area (Å²) in [6.07, 6.45) is 5.37. The zero-order chi connectivity index (χ0) is 17.2. The molecule has 1 unspecified atom stereocenters. The Balaban J connectivity index is 1.85. The number of rotatable bonds is 8. The summed E-state index contributed by atoms with van der Waals surface area (Å²) in [6, 6.07) is 3.22. The van der Waals surface area contributed by atoms with E-state index in [0.717, 1.165) is 18.4 Å². The Morgan fingerprint density at radius 2 is 2.38 bits per heavy atom. The molecule has 1 aliphatic heterocycles. The number of nitrogens with one attached hydrogen (secondary N) is 2. The molecular weight excluding hydrogens is 308 g/mol. The molecule has 24 heavy (non-hydrogen) atoms. The maximum absolute atomic E-state index is 12.5. The van der Waals surface area contributed by atoms with Crippen molar-refractivity contribution < 1.29 is 14.3 Å². The monoisotopic (exact) mass is 334 g/mol. The van der Waals surface area contributed by atoms with Gasteiger partial charge in [0.15, 0.2) is 0 Å². The van der Waals surface area contributed by atoms with Crippen LogP contribution in [0.2, 0.25) is 0 Å². The molecule has 0 spiro atoms. The van der Waals surface area contributed by atoms with Gasteiger partial charge in [-0.1, -0.05) is 19.4 Å². The molecule has 1 aliphatic rings. The fraction of sp³-hybridized carbons (Fsp3) is 0.588. The van der Waals surface area contributed by atoms with E-state index in [1.54, 1.807) is 17.3 Å². The average molecular weight is 334 g/mol. The first-order chi connectivity index (χ1) is 11.7. The van der Waals surface area contributed by atoms with E-state index in [2.05, 4.69) is 22.5 Å².